The minimum atomic E-state index is -0.739. The van der Waals surface area contributed by atoms with Crippen molar-refractivity contribution in [2.75, 3.05) is 13.1 Å². The van der Waals surface area contributed by atoms with E-state index in [1.54, 1.807) is 24.0 Å². The van der Waals surface area contributed by atoms with Gasteiger partial charge in [0.1, 0.15) is 0 Å². The van der Waals surface area contributed by atoms with Crippen molar-refractivity contribution in [2.24, 2.45) is 0 Å². The van der Waals surface area contributed by atoms with Gasteiger partial charge in [-0.05, 0) is 31.1 Å². The third-order valence-corrected chi connectivity index (χ3v) is 3.80. The molecule has 1 aliphatic rings. The van der Waals surface area contributed by atoms with Crippen LogP contribution in [0.15, 0.2) is 34.8 Å². The summed E-state index contributed by atoms with van der Waals surface area (Å²) in [7, 11) is 0. The third-order valence-electron chi connectivity index (χ3n) is 3.07. The maximum Gasteiger partial charge on any atom is 0.246 e. The van der Waals surface area contributed by atoms with E-state index in [0.29, 0.717) is 19.5 Å². The molecular weight excluding hydrogens is 294 g/mol. The van der Waals surface area contributed by atoms with Crippen LogP contribution < -0.4 is 0 Å². The molecular formula is C14H16BrNO2. The molecule has 1 heterocycles. The predicted molar refractivity (Wildman–Crippen MR) is 75.0 cm³/mol. The zero-order valence-corrected chi connectivity index (χ0v) is 11.9. The van der Waals surface area contributed by atoms with Gasteiger partial charge in [0.15, 0.2) is 0 Å². The molecule has 0 aromatic heterocycles. The fourth-order valence-electron chi connectivity index (χ4n) is 2.01. The van der Waals surface area contributed by atoms with Gasteiger partial charge in [0, 0.05) is 23.6 Å². The van der Waals surface area contributed by atoms with Crippen LogP contribution in [0, 0.1) is 0 Å². The molecule has 1 amide bonds. The van der Waals surface area contributed by atoms with Gasteiger partial charge in [-0.15, -0.1) is 0 Å². The monoisotopic (exact) mass is 309 g/mol. The first kappa shape index (κ1) is 13.3. The van der Waals surface area contributed by atoms with E-state index in [9.17, 15) is 9.90 Å². The summed E-state index contributed by atoms with van der Waals surface area (Å²) in [5, 5.41) is 9.82. The van der Waals surface area contributed by atoms with Gasteiger partial charge in [-0.25, -0.2) is 0 Å². The lowest BCUT2D eigenvalue weighted by molar-refractivity contribution is -0.125. The second kappa shape index (κ2) is 5.24. The van der Waals surface area contributed by atoms with Crippen LogP contribution in [0.1, 0.15) is 18.9 Å². The average molecular weight is 310 g/mol. The number of β-amino-alcohol motifs (C(OH)–C–C–N with tert-alkyl or cyclic N) is 1. The first-order chi connectivity index (χ1) is 8.48. The highest BCUT2D eigenvalue weighted by molar-refractivity contribution is 9.10. The van der Waals surface area contributed by atoms with E-state index in [1.165, 1.54) is 0 Å². The molecule has 0 aliphatic carbocycles. The fraction of sp³-hybridized carbons (Fsp3) is 0.357. The summed E-state index contributed by atoms with van der Waals surface area (Å²) in [5.74, 6) is -0.0523. The quantitative estimate of drug-likeness (QED) is 0.853. The molecule has 2 rings (SSSR count). The van der Waals surface area contributed by atoms with Crippen LogP contribution >= 0.6 is 15.9 Å². The lowest BCUT2D eigenvalue weighted by Gasteiger charge is -2.17. The van der Waals surface area contributed by atoms with E-state index in [-0.39, 0.29) is 5.91 Å². The SMILES string of the molecule is CC1(O)CCN(C(=O)/C=C/c2ccccc2Br)C1. The van der Waals surface area contributed by atoms with Crippen molar-refractivity contribution in [2.45, 2.75) is 18.9 Å². The van der Waals surface area contributed by atoms with Crippen molar-refractivity contribution < 1.29 is 9.90 Å². The molecule has 1 aromatic carbocycles. The molecule has 3 nitrogen and oxygen atoms in total. The highest BCUT2D eigenvalue weighted by Crippen LogP contribution is 2.21. The average Bonchev–Trinajstić information content (AvgIpc) is 2.68. The van der Waals surface area contributed by atoms with Crippen molar-refractivity contribution in [3.8, 4) is 0 Å². The van der Waals surface area contributed by atoms with E-state index in [0.717, 1.165) is 10.0 Å². The van der Waals surface area contributed by atoms with Gasteiger partial charge in [0.2, 0.25) is 5.91 Å². The summed E-state index contributed by atoms with van der Waals surface area (Å²) in [6.07, 6.45) is 3.99. The molecule has 4 heteroatoms. The van der Waals surface area contributed by atoms with Crippen LogP contribution in [0.4, 0.5) is 0 Å². The van der Waals surface area contributed by atoms with Gasteiger partial charge in [0.25, 0.3) is 0 Å². The molecule has 1 saturated heterocycles. The molecule has 0 saturated carbocycles. The third kappa shape index (κ3) is 3.21. The van der Waals surface area contributed by atoms with E-state index >= 15 is 0 Å². The summed E-state index contributed by atoms with van der Waals surface area (Å²) in [6, 6.07) is 7.73. The normalized spacial score (nSPS) is 23.8. The minimum absolute atomic E-state index is 0.0523. The highest BCUT2D eigenvalue weighted by atomic mass is 79.9. The van der Waals surface area contributed by atoms with Crippen LogP contribution in [0.2, 0.25) is 0 Å². The summed E-state index contributed by atoms with van der Waals surface area (Å²) >= 11 is 3.43. The summed E-state index contributed by atoms with van der Waals surface area (Å²) in [5.41, 5.74) is 0.230. The zero-order valence-electron chi connectivity index (χ0n) is 10.3. The van der Waals surface area contributed by atoms with Crippen molar-refractivity contribution >= 4 is 27.9 Å². The maximum atomic E-state index is 11.9. The van der Waals surface area contributed by atoms with Crippen molar-refractivity contribution in [1.29, 1.82) is 0 Å². The smallest absolute Gasteiger partial charge is 0.246 e. The molecule has 96 valence electrons. The van der Waals surface area contributed by atoms with Gasteiger partial charge in [-0.1, -0.05) is 34.1 Å². The Labute approximate surface area is 115 Å². The van der Waals surface area contributed by atoms with Crippen LogP contribution in [0.25, 0.3) is 6.08 Å². The summed E-state index contributed by atoms with van der Waals surface area (Å²) in [4.78, 5) is 13.6. The Balaban J connectivity index is 2.02. The largest absolute Gasteiger partial charge is 0.388 e. The first-order valence-corrected chi connectivity index (χ1v) is 6.71. The maximum absolute atomic E-state index is 11.9. The molecule has 1 N–H and O–H groups in total. The molecule has 0 spiro atoms. The number of rotatable bonds is 2. The second-order valence-electron chi connectivity index (χ2n) is 4.86. The molecule has 1 aromatic rings. The molecule has 18 heavy (non-hydrogen) atoms. The zero-order chi connectivity index (χ0) is 13.2. The number of nitrogens with zero attached hydrogens (tertiary/aromatic N) is 1. The number of benzene rings is 1. The number of aliphatic hydroxyl groups is 1. The lowest BCUT2D eigenvalue weighted by Crippen LogP contribution is -2.32. The number of hydrogen-bond donors (Lipinski definition) is 1. The topological polar surface area (TPSA) is 40.5 Å². The number of likely N-dealkylation sites (tertiary alicyclic amines) is 1. The van der Waals surface area contributed by atoms with Gasteiger partial charge >= 0.3 is 0 Å². The van der Waals surface area contributed by atoms with Gasteiger partial charge in [0.05, 0.1) is 5.60 Å². The Morgan fingerprint density at radius 1 is 1.50 bits per heavy atom. The van der Waals surface area contributed by atoms with Gasteiger partial charge in [-0.2, -0.15) is 0 Å². The van der Waals surface area contributed by atoms with E-state index in [1.807, 2.05) is 24.3 Å². The fourth-order valence-corrected chi connectivity index (χ4v) is 2.43. The van der Waals surface area contributed by atoms with Crippen molar-refractivity contribution in [3.63, 3.8) is 0 Å². The Kier molecular flexibility index (Phi) is 3.88. The summed E-state index contributed by atoms with van der Waals surface area (Å²) < 4.78 is 0.961. The Morgan fingerprint density at radius 3 is 2.83 bits per heavy atom. The number of amides is 1. The number of carbonyl (C=O) groups is 1. The molecule has 0 bridgehead atoms. The lowest BCUT2D eigenvalue weighted by atomic mass is 10.1. The highest BCUT2D eigenvalue weighted by Gasteiger charge is 2.32. The van der Waals surface area contributed by atoms with E-state index < -0.39 is 5.60 Å². The van der Waals surface area contributed by atoms with Crippen LogP contribution in [-0.2, 0) is 4.79 Å². The Morgan fingerprint density at radius 2 is 2.22 bits per heavy atom. The van der Waals surface area contributed by atoms with Crippen LogP contribution in [0.5, 0.6) is 0 Å². The van der Waals surface area contributed by atoms with Crippen molar-refractivity contribution in [1.82, 2.24) is 4.90 Å². The van der Waals surface area contributed by atoms with Crippen molar-refractivity contribution in [3.05, 3.63) is 40.4 Å². The Hall–Kier alpha value is -1.13. The van der Waals surface area contributed by atoms with Crippen LogP contribution in [-0.4, -0.2) is 34.6 Å². The van der Waals surface area contributed by atoms with Crippen LogP contribution in [0.3, 0.4) is 0 Å². The number of carbonyl (C=O) groups excluding carboxylic acids is 1. The summed E-state index contributed by atoms with van der Waals surface area (Å²) in [6.45, 7) is 2.79. The van der Waals surface area contributed by atoms with E-state index in [2.05, 4.69) is 15.9 Å². The predicted octanol–water partition coefficient (Wildman–Crippen LogP) is 2.45. The standard InChI is InChI=1S/C14H16BrNO2/c1-14(18)8-9-16(10-14)13(17)7-6-11-4-2-3-5-12(11)15/h2-7,18H,8-10H2,1H3/b7-6+. The van der Waals surface area contributed by atoms with E-state index in [4.69, 9.17) is 0 Å². The first-order valence-electron chi connectivity index (χ1n) is 5.92. The molecule has 0 radical (unpaired) electrons. The van der Waals surface area contributed by atoms with Gasteiger partial charge in [-0.3, -0.25) is 4.79 Å². The molecule has 1 atom stereocenters. The minimum Gasteiger partial charge on any atom is -0.388 e. The number of hydrogen-bond acceptors (Lipinski definition) is 2. The molecule has 1 aliphatic heterocycles. The number of halogens is 1. The Bertz CT molecular complexity index is 482. The van der Waals surface area contributed by atoms with Gasteiger partial charge < -0.3 is 10.0 Å². The molecule has 1 unspecified atom stereocenters. The molecule has 1 fully saturated rings. The second-order valence-corrected chi connectivity index (χ2v) is 5.72.